The van der Waals surface area contributed by atoms with Crippen molar-refractivity contribution in [3.05, 3.63) is 48.0 Å². The molecular formula is C23H29N3O3. The van der Waals surface area contributed by atoms with Gasteiger partial charge in [0.1, 0.15) is 0 Å². The molecule has 1 aliphatic carbocycles. The number of nitrogens with one attached hydrogen (secondary N) is 1. The standard InChI is InChI=1S/C23H29N3O3/c1-16-11-21(15-25(14-16)23(28)29-2)26(20-9-10-20)22(27)24-13-17-7-8-18-5-3-4-6-19(18)12-17/h3-8,12,16,20-21H,9-11,13-15H2,1-2H3,(H,24,27). The number of hydrogen-bond acceptors (Lipinski definition) is 3. The van der Waals surface area contributed by atoms with Gasteiger partial charge in [-0.15, -0.1) is 0 Å². The van der Waals surface area contributed by atoms with Gasteiger partial charge in [0, 0.05) is 25.7 Å². The Hall–Kier alpha value is -2.76. The van der Waals surface area contributed by atoms with Gasteiger partial charge in [0.25, 0.3) is 0 Å². The number of carbonyl (C=O) groups excluding carboxylic acids is 2. The Morgan fingerprint density at radius 2 is 1.86 bits per heavy atom. The second-order valence-corrected chi connectivity index (χ2v) is 8.35. The molecule has 29 heavy (non-hydrogen) atoms. The summed E-state index contributed by atoms with van der Waals surface area (Å²) in [5.41, 5.74) is 1.08. The van der Waals surface area contributed by atoms with Crippen LogP contribution in [-0.4, -0.2) is 54.2 Å². The van der Waals surface area contributed by atoms with E-state index in [2.05, 4.69) is 42.6 Å². The number of urea groups is 1. The zero-order chi connectivity index (χ0) is 20.4. The number of rotatable bonds is 4. The van der Waals surface area contributed by atoms with Gasteiger partial charge in [-0.25, -0.2) is 9.59 Å². The molecule has 0 radical (unpaired) electrons. The van der Waals surface area contributed by atoms with Gasteiger partial charge >= 0.3 is 12.1 Å². The van der Waals surface area contributed by atoms with Crippen molar-refractivity contribution in [1.29, 1.82) is 0 Å². The molecule has 1 saturated heterocycles. The average molecular weight is 396 g/mol. The molecule has 2 fully saturated rings. The Bertz CT molecular complexity index is 896. The molecule has 2 aliphatic rings. The number of hydrogen-bond donors (Lipinski definition) is 1. The molecule has 2 aromatic rings. The highest BCUT2D eigenvalue weighted by Crippen LogP contribution is 2.33. The largest absolute Gasteiger partial charge is 0.453 e. The molecule has 6 nitrogen and oxygen atoms in total. The smallest absolute Gasteiger partial charge is 0.409 e. The molecule has 6 heteroatoms. The maximum Gasteiger partial charge on any atom is 0.409 e. The summed E-state index contributed by atoms with van der Waals surface area (Å²) in [6.45, 7) is 3.84. The number of piperidine rings is 1. The van der Waals surface area contributed by atoms with Crippen LogP contribution in [-0.2, 0) is 11.3 Å². The van der Waals surface area contributed by atoms with E-state index in [1.165, 1.54) is 17.9 Å². The van der Waals surface area contributed by atoms with Crippen LogP contribution in [0.2, 0.25) is 0 Å². The van der Waals surface area contributed by atoms with E-state index in [1.807, 2.05) is 17.0 Å². The number of carbonyl (C=O) groups is 2. The van der Waals surface area contributed by atoms with Gasteiger partial charge in [0.15, 0.2) is 0 Å². The third-order valence-electron chi connectivity index (χ3n) is 5.90. The van der Waals surface area contributed by atoms with Crippen LogP contribution in [0.15, 0.2) is 42.5 Å². The van der Waals surface area contributed by atoms with E-state index in [4.69, 9.17) is 4.74 Å². The van der Waals surface area contributed by atoms with Crippen molar-refractivity contribution in [2.45, 2.75) is 44.8 Å². The zero-order valence-electron chi connectivity index (χ0n) is 17.1. The van der Waals surface area contributed by atoms with Gasteiger partial charge in [-0.1, -0.05) is 43.3 Å². The predicted molar refractivity (Wildman–Crippen MR) is 113 cm³/mol. The molecule has 0 bridgehead atoms. The van der Waals surface area contributed by atoms with Crippen LogP contribution in [0, 0.1) is 5.92 Å². The average Bonchev–Trinajstić information content (AvgIpc) is 3.56. The molecule has 2 unspecified atom stereocenters. The van der Waals surface area contributed by atoms with E-state index < -0.39 is 0 Å². The summed E-state index contributed by atoms with van der Waals surface area (Å²) in [4.78, 5) is 28.8. The molecule has 3 amide bonds. The highest BCUT2D eigenvalue weighted by molar-refractivity contribution is 5.83. The van der Waals surface area contributed by atoms with Crippen LogP contribution in [0.1, 0.15) is 31.7 Å². The van der Waals surface area contributed by atoms with Crippen molar-refractivity contribution >= 4 is 22.9 Å². The Balaban J connectivity index is 1.43. The maximum atomic E-state index is 13.1. The number of methoxy groups -OCH3 is 1. The van der Waals surface area contributed by atoms with Crippen LogP contribution in [0.5, 0.6) is 0 Å². The topological polar surface area (TPSA) is 61.9 Å². The first-order valence-corrected chi connectivity index (χ1v) is 10.4. The fourth-order valence-electron chi connectivity index (χ4n) is 4.40. The number of fused-ring (bicyclic) bond motifs is 1. The highest BCUT2D eigenvalue weighted by Gasteiger charge is 2.41. The molecule has 0 spiro atoms. The number of benzene rings is 2. The van der Waals surface area contributed by atoms with Gasteiger partial charge in [-0.2, -0.15) is 0 Å². The molecule has 2 aromatic carbocycles. The minimum absolute atomic E-state index is 0.0296. The summed E-state index contributed by atoms with van der Waals surface area (Å²) < 4.78 is 4.91. The lowest BCUT2D eigenvalue weighted by Gasteiger charge is -2.41. The lowest BCUT2D eigenvalue weighted by atomic mass is 9.95. The fraction of sp³-hybridized carbons (Fsp3) is 0.478. The van der Waals surface area contributed by atoms with Crippen molar-refractivity contribution in [2.75, 3.05) is 20.2 Å². The van der Waals surface area contributed by atoms with Gasteiger partial charge in [-0.05, 0) is 47.6 Å². The molecular weight excluding hydrogens is 366 g/mol. The normalized spacial score (nSPS) is 21.7. The van der Waals surface area contributed by atoms with Crippen LogP contribution < -0.4 is 5.32 Å². The summed E-state index contributed by atoms with van der Waals surface area (Å²) in [5, 5.41) is 5.48. The third-order valence-corrected chi connectivity index (χ3v) is 5.90. The summed E-state index contributed by atoms with van der Waals surface area (Å²) in [6, 6.07) is 14.8. The Labute approximate surface area is 171 Å². The molecule has 4 rings (SSSR count). The first-order valence-electron chi connectivity index (χ1n) is 10.4. The van der Waals surface area contributed by atoms with E-state index in [9.17, 15) is 9.59 Å². The predicted octanol–water partition coefficient (Wildman–Crippen LogP) is 3.99. The van der Waals surface area contributed by atoms with Crippen LogP contribution in [0.3, 0.4) is 0 Å². The molecule has 1 saturated carbocycles. The minimum atomic E-state index is -0.311. The molecule has 154 valence electrons. The van der Waals surface area contributed by atoms with E-state index >= 15 is 0 Å². The fourth-order valence-corrected chi connectivity index (χ4v) is 4.40. The Morgan fingerprint density at radius 1 is 1.10 bits per heavy atom. The summed E-state index contributed by atoms with van der Waals surface area (Å²) >= 11 is 0. The van der Waals surface area contributed by atoms with E-state index in [0.717, 1.165) is 24.8 Å². The van der Waals surface area contributed by atoms with Crippen LogP contribution in [0.25, 0.3) is 10.8 Å². The van der Waals surface area contributed by atoms with E-state index in [0.29, 0.717) is 25.6 Å². The molecule has 1 heterocycles. The van der Waals surface area contributed by atoms with Crippen molar-refractivity contribution in [2.24, 2.45) is 5.92 Å². The third kappa shape index (κ3) is 4.47. The monoisotopic (exact) mass is 395 g/mol. The maximum absolute atomic E-state index is 13.1. The number of likely N-dealkylation sites (tertiary alicyclic amines) is 1. The Kier molecular flexibility index (Phi) is 5.60. The van der Waals surface area contributed by atoms with Gasteiger partial charge in [0.05, 0.1) is 13.2 Å². The van der Waals surface area contributed by atoms with Gasteiger partial charge < -0.3 is 19.9 Å². The van der Waals surface area contributed by atoms with Crippen LogP contribution in [0.4, 0.5) is 9.59 Å². The van der Waals surface area contributed by atoms with Crippen LogP contribution >= 0.6 is 0 Å². The Morgan fingerprint density at radius 3 is 2.59 bits per heavy atom. The van der Waals surface area contributed by atoms with Crippen molar-refractivity contribution in [3.63, 3.8) is 0 Å². The molecule has 1 aliphatic heterocycles. The van der Waals surface area contributed by atoms with Crippen molar-refractivity contribution in [1.82, 2.24) is 15.1 Å². The lowest BCUT2D eigenvalue weighted by molar-refractivity contribution is 0.0656. The first kappa shape index (κ1) is 19.6. The second kappa shape index (κ2) is 8.31. The summed E-state index contributed by atoms with van der Waals surface area (Å²) in [7, 11) is 1.41. The van der Waals surface area contributed by atoms with E-state index in [-0.39, 0.29) is 24.2 Å². The van der Waals surface area contributed by atoms with Gasteiger partial charge in [-0.3, -0.25) is 0 Å². The highest BCUT2D eigenvalue weighted by atomic mass is 16.5. The zero-order valence-corrected chi connectivity index (χ0v) is 17.1. The SMILES string of the molecule is COC(=O)N1CC(C)CC(N(C(=O)NCc2ccc3ccccc3c2)C2CC2)C1. The first-order chi connectivity index (χ1) is 14.0. The summed E-state index contributed by atoms with van der Waals surface area (Å²) in [6.07, 6.45) is 2.67. The number of ether oxygens (including phenoxy) is 1. The molecule has 2 atom stereocenters. The number of nitrogens with zero attached hydrogens (tertiary/aromatic N) is 2. The number of amides is 3. The second-order valence-electron chi connectivity index (χ2n) is 8.35. The molecule has 0 aromatic heterocycles. The van der Waals surface area contributed by atoms with Crippen molar-refractivity contribution < 1.29 is 14.3 Å². The quantitative estimate of drug-likeness (QED) is 0.851. The minimum Gasteiger partial charge on any atom is -0.453 e. The van der Waals surface area contributed by atoms with Gasteiger partial charge in [0.2, 0.25) is 0 Å². The summed E-state index contributed by atoms with van der Waals surface area (Å²) in [5.74, 6) is 0.336. The van der Waals surface area contributed by atoms with Crippen molar-refractivity contribution in [3.8, 4) is 0 Å². The lowest BCUT2D eigenvalue weighted by Crippen LogP contribution is -2.56. The van der Waals surface area contributed by atoms with E-state index in [1.54, 1.807) is 4.90 Å². The molecule has 1 N–H and O–H groups in total.